The molecule has 0 rings (SSSR count). The Bertz CT molecular complexity index is 25.7. The molecule has 0 aliphatic rings. The van der Waals surface area contributed by atoms with Gasteiger partial charge < -0.3 is 5.48 Å². The Morgan fingerprint density at radius 1 is 0.900 bits per heavy atom. The van der Waals surface area contributed by atoms with Gasteiger partial charge in [-0.2, -0.15) is 0 Å². The van der Waals surface area contributed by atoms with Gasteiger partial charge in [-0.1, -0.05) is 47.5 Å². The second kappa shape index (κ2) is 22.8. The molecule has 10 heavy (non-hydrogen) atoms. The van der Waals surface area contributed by atoms with E-state index in [9.17, 15) is 0 Å². The molecule has 0 saturated heterocycles. The van der Waals surface area contributed by atoms with Gasteiger partial charge in [0.2, 0.25) is 0 Å². The lowest BCUT2D eigenvalue weighted by Gasteiger charge is -1.79. The summed E-state index contributed by atoms with van der Waals surface area (Å²) in [5.41, 5.74) is 0. The third kappa shape index (κ3) is 278. The van der Waals surface area contributed by atoms with Crippen LogP contribution in [-0.2, 0) is 0 Å². The maximum absolute atomic E-state index is 2.18. The lowest BCUT2D eigenvalue weighted by atomic mass is 10.3. The van der Waals surface area contributed by atoms with Crippen molar-refractivity contribution in [2.24, 2.45) is 5.92 Å². The van der Waals surface area contributed by atoms with Crippen LogP contribution in [0.1, 0.15) is 47.5 Å². The molecule has 0 heterocycles. The van der Waals surface area contributed by atoms with Gasteiger partial charge >= 0.3 is 0 Å². The molecule has 0 aromatic rings. The second-order valence-electron chi connectivity index (χ2n) is 2.73. The zero-order valence-corrected chi connectivity index (χ0v) is 8.72. The Labute approximate surface area is 71.9 Å². The van der Waals surface area contributed by atoms with E-state index in [1.165, 1.54) is 12.8 Å². The minimum Gasteiger partial charge on any atom is -0.412 e. The van der Waals surface area contributed by atoms with Gasteiger partial charge in [0, 0.05) is 0 Å². The maximum atomic E-state index is 2.18. The molecule has 0 aromatic heterocycles. The third-order valence-corrected chi connectivity index (χ3v) is 0.500. The Hall–Kier alpha value is 0.250. The highest BCUT2D eigenvalue weighted by Crippen LogP contribution is 1.81. The topological polar surface area (TPSA) is 31.5 Å². The van der Waals surface area contributed by atoms with E-state index < -0.39 is 0 Å². The summed E-state index contributed by atoms with van der Waals surface area (Å²) < 4.78 is 0. The highest BCUT2D eigenvalue weighted by Gasteiger charge is 1.68. The summed E-state index contributed by atoms with van der Waals surface area (Å²) in [6, 6.07) is 0. The fraction of sp³-hybridized carbons (Fsp3) is 1.00. The first-order valence-corrected chi connectivity index (χ1v) is 3.65. The van der Waals surface area contributed by atoms with Crippen molar-refractivity contribution in [3.05, 3.63) is 0 Å². The predicted octanol–water partition coefficient (Wildman–Crippen LogP) is 3.07. The lowest BCUT2D eigenvalue weighted by Crippen LogP contribution is -1.66. The highest BCUT2D eigenvalue weighted by atomic mass is 35.5. The number of hydrogen-bond acceptors (Lipinski definition) is 0. The van der Waals surface area contributed by atoms with E-state index in [1.54, 1.807) is 0 Å². The molecule has 0 bridgehead atoms. The van der Waals surface area contributed by atoms with Crippen molar-refractivity contribution in [2.45, 2.75) is 47.5 Å². The molecule has 0 amide bonds. The van der Waals surface area contributed by atoms with Gasteiger partial charge in [0.25, 0.3) is 0 Å². The van der Waals surface area contributed by atoms with E-state index in [1.807, 2.05) is 0 Å². The van der Waals surface area contributed by atoms with Crippen molar-refractivity contribution in [3.63, 3.8) is 0 Å². The molecule has 0 saturated carbocycles. The molecule has 0 radical (unpaired) electrons. The number of halogens is 1. The summed E-state index contributed by atoms with van der Waals surface area (Å²) in [6.45, 7) is 10.9. The normalized spacial score (nSPS) is 6.60. The molecule has 1 nitrogen and oxygen atoms in total. The average molecular weight is 171 g/mol. The standard InChI is InChI=1S/2C4H10.ClH.H2O/c1-4(2)3;1-3-4-2;;/h4H,1-3H3;3-4H2,1-2H3;1H;1H2. The molecule has 68 valence electrons. The van der Waals surface area contributed by atoms with Crippen molar-refractivity contribution >= 4 is 12.4 Å². The van der Waals surface area contributed by atoms with Crippen molar-refractivity contribution < 1.29 is 5.48 Å². The summed E-state index contributed by atoms with van der Waals surface area (Å²) in [5, 5.41) is 0. The van der Waals surface area contributed by atoms with Crippen LogP contribution in [0.5, 0.6) is 0 Å². The van der Waals surface area contributed by atoms with Crippen molar-refractivity contribution in [3.8, 4) is 0 Å². The van der Waals surface area contributed by atoms with Crippen LogP contribution in [0.3, 0.4) is 0 Å². The van der Waals surface area contributed by atoms with Gasteiger partial charge in [0.15, 0.2) is 0 Å². The predicted molar refractivity (Wildman–Crippen MR) is 52.0 cm³/mol. The van der Waals surface area contributed by atoms with Crippen LogP contribution in [0.15, 0.2) is 0 Å². The van der Waals surface area contributed by atoms with Crippen LogP contribution in [0.4, 0.5) is 0 Å². The third-order valence-electron chi connectivity index (χ3n) is 0.500. The minimum atomic E-state index is 0. The monoisotopic (exact) mass is 170 g/mol. The number of hydrogen-bond donors (Lipinski definition) is 0. The smallest absolute Gasteiger partial charge is 0.0500 e. The van der Waals surface area contributed by atoms with Gasteiger partial charge in [-0.25, -0.2) is 0 Å². The van der Waals surface area contributed by atoms with Crippen LogP contribution in [0, 0.1) is 5.92 Å². The molecular weight excluding hydrogens is 148 g/mol. The average Bonchev–Trinajstić information content (AvgIpc) is 1.65. The van der Waals surface area contributed by atoms with Crippen LogP contribution in [0.25, 0.3) is 0 Å². The van der Waals surface area contributed by atoms with Crippen molar-refractivity contribution in [2.75, 3.05) is 0 Å². The Morgan fingerprint density at radius 2 is 1.00 bits per heavy atom. The second-order valence-corrected chi connectivity index (χ2v) is 2.73. The number of unbranched alkanes of at least 4 members (excludes halogenated alkanes) is 1. The first-order chi connectivity index (χ1) is 3.65. The lowest BCUT2D eigenvalue weighted by molar-refractivity contribution is 0.737. The van der Waals surface area contributed by atoms with E-state index in [4.69, 9.17) is 0 Å². The van der Waals surface area contributed by atoms with E-state index >= 15 is 0 Å². The Morgan fingerprint density at radius 3 is 1.00 bits per heavy atom. The molecule has 0 aliphatic heterocycles. The zero-order valence-electron chi connectivity index (χ0n) is 7.90. The van der Waals surface area contributed by atoms with Crippen LogP contribution in [0.2, 0.25) is 0 Å². The first-order valence-electron chi connectivity index (χ1n) is 3.65. The van der Waals surface area contributed by atoms with Crippen molar-refractivity contribution in [1.82, 2.24) is 0 Å². The SMILES string of the molecule is CC(C)C.CCCC.Cl.O. The van der Waals surface area contributed by atoms with Gasteiger partial charge in [-0.15, -0.1) is 12.4 Å². The molecule has 0 aromatic carbocycles. The molecular formula is C8H23ClO. The molecule has 0 unspecified atom stereocenters. The molecule has 0 atom stereocenters. The zero-order chi connectivity index (χ0) is 6.99. The quantitative estimate of drug-likeness (QED) is 0.580. The summed E-state index contributed by atoms with van der Waals surface area (Å²) >= 11 is 0. The fourth-order valence-electron chi connectivity index (χ4n) is 0. The highest BCUT2D eigenvalue weighted by molar-refractivity contribution is 5.85. The summed E-state index contributed by atoms with van der Waals surface area (Å²) in [7, 11) is 0. The molecule has 0 fully saturated rings. The van der Waals surface area contributed by atoms with Crippen LogP contribution >= 0.6 is 12.4 Å². The van der Waals surface area contributed by atoms with E-state index in [2.05, 4.69) is 34.6 Å². The van der Waals surface area contributed by atoms with Crippen LogP contribution < -0.4 is 0 Å². The van der Waals surface area contributed by atoms with Crippen LogP contribution in [-0.4, -0.2) is 5.48 Å². The van der Waals surface area contributed by atoms with Crippen molar-refractivity contribution in [1.29, 1.82) is 0 Å². The van der Waals surface area contributed by atoms with E-state index in [0.717, 1.165) is 5.92 Å². The van der Waals surface area contributed by atoms with E-state index in [0.29, 0.717) is 0 Å². The molecule has 0 aliphatic carbocycles. The van der Waals surface area contributed by atoms with Gasteiger partial charge in [0.05, 0.1) is 0 Å². The Balaban J connectivity index is -0.0000000300. The van der Waals surface area contributed by atoms with E-state index in [-0.39, 0.29) is 17.9 Å². The maximum Gasteiger partial charge on any atom is -0.0500 e. The molecule has 2 heteroatoms. The molecule has 0 spiro atoms. The molecule has 2 N–H and O–H groups in total. The largest absolute Gasteiger partial charge is 0.412 e. The minimum absolute atomic E-state index is 0. The Kier molecular flexibility index (Phi) is 51.3. The number of rotatable bonds is 1. The first kappa shape index (κ1) is 22.5. The van der Waals surface area contributed by atoms with Gasteiger partial charge in [-0.3, -0.25) is 0 Å². The summed E-state index contributed by atoms with van der Waals surface area (Å²) in [5.74, 6) is 0.833. The van der Waals surface area contributed by atoms with Gasteiger partial charge in [-0.05, 0) is 5.92 Å². The summed E-state index contributed by atoms with van der Waals surface area (Å²) in [4.78, 5) is 0. The van der Waals surface area contributed by atoms with Gasteiger partial charge in [0.1, 0.15) is 0 Å². The summed E-state index contributed by atoms with van der Waals surface area (Å²) in [6.07, 6.45) is 2.64. The fourth-order valence-corrected chi connectivity index (χ4v) is 0.